The smallest absolute Gasteiger partial charge is 0.123 e. The zero-order valence-corrected chi connectivity index (χ0v) is 10.2. The van der Waals surface area contributed by atoms with Crippen molar-refractivity contribution in [3.8, 4) is 0 Å². The summed E-state index contributed by atoms with van der Waals surface area (Å²) in [4.78, 5) is 0. The number of hydrogen-bond donors (Lipinski definition) is 1. The highest BCUT2D eigenvalue weighted by Crippen LogP contribution is 2.38. The molecule has 1 aromatic carbocycles. The lowest BCUT2D eigenvalue weighted by Gasteiger charge is -2.36. The molecule has 1 aliphatic rings. The molecule has 0 bridgehead atoms. The van der Waals surface area contributed by atoms with Crippen molar-refractivity contribution in [3.05, 3.63) is 35.6 Å². The van der Waals surface area contributed by atoms with E-state index in [1.807, 2.05) is 12.1 Å². The third-order valence-corrected chi connectivity index (χ3v) is 3.66. The highest BCUT2D eigenvalue weighted by atomic mass is 35.5. The maximum atomic E-state index is 12.9. The molecule has 0 saturated heterocycles. The Balaban J connectivity index is 0.00000128. The molecule has 2 N–H and O–H groups in total. The molecule has 1 aromatic rings. The molecule has 1 nitrogen and oxygen atoms in total. The Bertz CT molecular complexity index is 317. The van der Waals surface area contributed by atoms with Crippen molar-refractivity contribution in [2.75, 3.05) is 6.54 Å². The highest BCUT2D eigenvalue weighted by molar-refractivity contribution is 5.85. The second kappa shape index (κ2) is 5.65. The van der Waals surface area contributed by atoms with Crippen molar-refractivity contribution < 1.29 is 4.39 Å². The lowest BCUT2D eigenvalue weighted by molar-refractivity contribution is 0.300. The van der Waals surface area contributed by atoms with E-state index in [2.05, 4.69) is 0 Å². The molecule has 0 spiro atoms. The number of benzene rings is 1. The Morgan fingerprint density at radius 3 is 2.12 bits per heavy atom. The molecular weight excluding hydrogens is 225 g/mol. The van der Waals surface area contributed by atoms with E-state index < -0.39 is 0 Å². The van der Waals surface area contributed by atoms with Gasteiger partial charge in [0.2, 0.25) is 0 Å². The number of hydrogen-bond acceptors (Lipinski definition) is 1. The summed E-state index contributed by atoms with van der Waals surface area (Å²) in [5.41, 5.74) is 7.25. The molecule has 2 rings (SSSR count). The summed E-state index contributed by atoms with van der Waals surface area (Å²) in [5.74, 6) is -0.165. The Morgan fingerprint density at radius 2 is 1.62 bits per heavy atom. The van der Waals surface area contributed by atoms with Gasteiger partial charge in [-0.2, -0.15) is 0 Å². The molecule has 1 saturated carbocycles. The van der Waals surface area contributed by atoms with Gasteiger partial charge in [-0.3, -0.25) is 0 Å². The van der Waals surface area contributed by atoms with Gasteiger partial charge < -0.3 is 5.73 Å². The van der Waals surface area contributed by atoms with Gasteiger partial charge in [0.1, 0.15) is 5.82 Å². The average molecular weight is 244 g/mol. The third kappa shape index (κ3) is 2.55. The zero-order valence-electron chi connectivity index (χ0n) is 9.42. The standard InChI is InChI=1S/C13H18FN.ClH/c14-12-6-4-11(5-7-12)13(10-15)8-2-1-3-9-13;/h4-7H,1-3,8-10,15H2;1H. The molecule has 1 aliphatic carbocycles. The van der Waals surface area contributed by atoms with Crippen LogP contribution in [-0.2, 0) is 5.41 Å². The van der Waals surface area contributed by atoms with E-state index in [-0.39, 0.29) is 23.6 Å². The summed E-state index contributed by atoms with van der Waals surface area (Å²) >= 11 is 0. The van der Waals surface area contributed by atoms with Crippen LogP contribution in [-0.4, -0.2) is 6.54 Å². The largest absolute Gasteiger partial charge is 0.330 e. The second-order valence-electron chi connectivity index (χ2n) is 4.55. The van der Waals surface area contributed by atoms with E-state index in [0.717, 1.165) is 12.8 Å². The van der Waals surface area contributed by atoms with Gasteiger partial charge in [0, 0.05) is 12.0 Å². The topological polar surface area (TPSA) is 26.0 Å². The maximum absolute atomic E-state index is 12.9. The molecule has 1 fully saturated rings. The predicted octanol–water partition coefficient (Wildman–Crippen LogP) is 3.41. The molecular formula is C13H19ClFN. The molecule has 3 heteroatoms. The van der Waals surface area contributed by atoms with Crippen molar-refractivity contribution >= 4 is 12.4 Å². The lowest BCUT2D eigenvalue weighted by Crippen LogP contribution is -2.37. The molecule has 0 unspecified atom stereocenters. The fraction of sp³-hybridized carbons (Fsp3) is 0.538. The first kappa shape index (κ1) is 13.5. The van der Waals surface area contributed by atoms with Crippen LogP contribution in [0.3, 0.4) is 0 Å². The second-order valence-corrected chi connectivity index (χ2v) is 4.55. The van der Waals surface area contributed by atoms with Gasteiger partial charge in [-0.05, 0) is 30.5 Å². The van der Waals surface area contributed by atoms with Gasteiger partial charge in [-0.25, -0.2) is 4.39 Å². The van der Waals surface area contributed by atoms with Gasteiger partial charge in [0.15, 0.2) is 0 Å². The first-order chi connectivity index (χ1) is 7.27. The number of rotatable bonds is 2. The van der Waals surface area contributed by atoms with Crippen LogP contribution in [0.4, 0.5) is 4.39 Å². The van der Waals surface area contributed by atoms with E-state index in [0.29, 0.717) is 6.54 Å². The van der Waals surface area contributed by atoms with Crippen molar-refractivity contribution in [1.82, 2.24) is 0 Å². The van der Waals surface area contributed by atoms with Gasteiger partial charge in [0.25, 0.3) is 0 Å². The van der Waals surface area contributed by atoms with E-state index in [1.165, 1.54) is 24.8 Å². The van der Waals surface area contributed by atoms with Gasteiger partial charge in [0.05, 0.1) is 0 Å². The normalized spacial score (nSPS) is 18.9. The first-order valence-electron chi connectivity index (χ1n) is 5.73. The Labute approximate surface area is 103 Å². The van der Waals surface area contributed by atoms with Crippen molar-refractivity contribution in [3.63, 3.8) is 0 Å². The Morgan fingerprint density at radius 1 is 1.06 bits per heavy atom. The quantitative estimate of drug-likeness (QED) is 0.847. The van der Waals surface area contributed by atoms with E-state index in [9.17, 15) is 4.39 Å². The van der Waals surface area contributed by atoms with Crippen LogP contribution in [0.5, 0.6) is 0 Å². The minimum Gasteiger partial charge on any atom is -0.330 e. The zero-order chi connectivity index (χ0) is 10.7. The van der Waals surface area contributed by atoms with Gasteiger partial charge in [-0.1, -0.05) is 31.4 Å². The van der Waals surface area contributed by atoms with Gasteiger partial charge >= 0.3 is 0 Å². The molecule has 0 atom stereocenters. The van der Waals surface area contributed by atoms with Crippen LogP contribution in [0.25, 0.3) is 0 Å². The monoisotopic (exact) mass is 243 g/mol. The molecule has 0 aliphatic heterocycles. The first-order valence-corrected chi connectivity index (χ1v) is 5.73. The van der Waals surface area contributed by atoms with Crippen LogP contribution in [0.2, 0.25) is 0 Å². The summed E-state index contributed by atoms with van der Waals surface area (Å²) in [7, 11) is 0. The molecule has 0 amide bonds. The summed E-state index contributed by atoms with van der Waals surface area (Å²) in [6.45, 7) is 0.679. The van der Waals surface area contributed by atoms with Crippen molar-refractivity contribution in [2.45, 2.75) is 37.5 Å². The number of halogens is 2. The van der Waals surface area contributed by atoms with Crippen molar-refractivity contribution in [2.24, 2.45) is 5.73 Å². The molecule has 0 aromatic heterocycles. The van der Waals surface area contributed by atoms with Crippen LogP contribution in [0, 0.1) is 5.82 Å². The van der Waals surface area contributed by atoms with Crippen molar-refractivity contribution in [1.29, 1.82) is 0 Å². The molecule has 0 heterocycles. The van der Waals surface area contributed by atoms with E-state index >= 15 is 0 Å². The summed E-state index contributed by atoms with van der Waals surface area (Å²) in [6, 6.07) is 6.88. The van der Waals surface area contributed by atoms with Gasteiger partial charge in [-0.15, -0.1) is 12.4 Å². The summed E-state index contributed by atoms with van der Waals surface area (Å²) in [5, 5.41) is 0. The fourth-order valence-electron chi connectivity index (χ4n) is 2.64. The molecule has 90 valence electrons. The van der Waals surface area contributed by atoms with Crippen LogP contribution < -0.4 is 5.73 Å². The summed E-state index contributed by atoms with van der Waals surface area (Å²) in [6.07, 6.45) is 6.09. The Hall–Kier alpha value is -0.600. The average Bonchev–Trinajstić information content (AvgIpc) is 2.31. The van der Waals surface area contributed by atoms with E-state index in [1.54, 1.807) is 12.1 Å². The lowest BCUT2D eigenvalue weighted by atomic mass is 9.69. The molecule has 16 heavy (non-hydrogen) atoms. The number of nitrogens with two attached hydrogens (primary N) is 1. The van der Waals surface area contributed by atoms with Crippen LogP contribution in [0.15, 0.2) is 24.3 Å². The minimum absolute atomic E-state index is 0. The minimum atomic E-state index is -0.165. The van der Waals surface area contributed by atoms with Crippen LogP contribution in [0.1, 0.15) is 37.7 Å². The SMILES string of the molecule is Cl.NCC1(c2ccc(F)cc2)CCCCC1. The maximum Gasteiger partial charge on any atom is 0.123 e. The fourth-order valence-corrected chi connectivity index (χ4v) is 2.64. The Kier molecular flexibility index (Phi) is 4.75. The van der Waals surface area contributed by atoms with E-state index in [4.69, 9.17) is 5.73 Å². The van der Waals surface area contributed by atoms with Crippen LogP contribution >= 0.6 is 12.4 Å². The third-order valence-electron chi connectivity index (χ3n) is 3.66. The predicted molar refractivity (Wildman–Crippen MR) is 67.5 cm³/mol. The molecule has 0 radical (unpaired) electrons. The summed E-state index contributed by atoms with van der Waals surface area (Å²) < 4.78 is 12.9. The highest BCUT2D eigenvalue weighted by Gasteiger charge is 2.32.